The minimum atomic E-state index is -0.237. The van der Waals surface area contributed by atoms with Crippen LogP contribution in [0.3, 0.4) is 0 Å². The third-order valence-corrected chi connectivity index (χ3v) is 4.42. The first-order chi connectivity index (χ1) is 14.7. The summed E-state index contributed by atoms with van der Waals surface area (Å²) in [6.45, 7) is 2.28. The molecule has 30 heavy (non-hydrogen) atoms. The molecule has 4 aromatic rings. The molecule has 0 saturated heterocycles. The number of nitrogens with zero attached hydrogens (tertiary/aromatic N) is 3. The van der Waals surface area contributed by atoms with Crippen molar-refractivity contribution < 1.29 is 14.1 Å². The molecule has 7 nitrogen and oxygen atoms in total. The second-order valence-corrected chi connectivity index (χ2v) is 6.71. The van der Waals surface area contributed by atoms with Gasteiger partial charge in [-0.15, -0.1) is 0 Å². The van der Waals surface area contributed by atoms with Gasteiger partial charge in [-0.25, -0.2) is 0 Å². The number of pyridine rings is 1. The molecule has 0 fully saturated rings. The molecule has 150 valence electrons. The summed E-state index contributed by atoms with van der Waals surface area (Å²) in [5, 5.41) is 6.87. The van der Waals surface area contributed by atoms with Crippen LogP contribution in [0, 0.1) is 6.92 Å². The minimum absolute atomic E-state index is 0.129. The van der Waals surface area contributed by atoms with Crippen LogP contribution in [0.25, 0.3) is 22.8 Å². The number of benzene rings is 2. The number of ether oxygens (including phenoxy) is 1. The lowest BCUT2D eigenvalue weighted by molar-refractivity contribution is -0.123. The predicted molar refractivity (Wildman–Crippen MR) is 111 cm³/mol. The van der Waals surface area contributed by atoms with E-state index in [0.717, 1.165) is 16.7 Å². The summed E-state index contributed by atoms with van der Waals surface area (Å²) in [4.78, 5) is 20.6. The number of hydrogen-bond acceptors (Lipinski definition) is 6. The van der Waals surface area contributed by atoms with Gasteiger partial charge in [0.2, 0.25) is 5.82 Å². The monoisotopic (exact) mass is 400 g/mol. The first kappa shape index (κ1) is 19.3. The van der Waals surface area contributed by atoms with Crippen LogP contribution in [0.4, 0.5) is 0 Å². The molecule has 4 rings (SSSR count). The number of aryl methyl sites for hydroxylation is 1. The van der Waals surface area contributed by atoms with Crippen molar-refractivity contribution in [2.75, 3.05) is 6.61 Å². The van der Waals surface area contributed by atoms with Gasteiger partial charge in [-0.1, -0.05) is 53.2 Å². The van der Waals surface area contributed by atoms with Gasteiger partial charge in [-0.2, -0.15) is 4.98 Å². The van der Waals surface area contributed by atoms with E-state index in [4.69, 9.17) is 9.26 Å². The lowest BCUT2D eigenvalue weighted by Gasteiger charge is -2.09. The zero-order valence-corrected chi connectivity index (χ0v) is 16.4. The molecule has 0 saturated carbocycles. The van der Waals surface area contributed by atoms with Crippen molar-refractivity contribution in [1.82, 2.24) is 20.4 Å². The van der Waals surface area contributed by atoms with Crippen LogP contribution in [0.1, 0.15) is 11.1 Å². The molecule has 2 aromatic carbocycles. The molecule has 0 atom stereocenters. The number of amides is 1. The molecule has 0 bridgehead atoms. The maximum absolute atomic E-state index is 12.1. The number of hydrogen-bond donors (Lipinski definition) is 1. The van der Waals surface area contributed by atoms with Gasteiger partial charge in [0.25, 0.3) is 11.8 Å². The van der Waals surface area contributed by atoms with E-state index < -0.39 is 0 Å². The summed E-state index contributed by atoms with van der Waals surface area (Å²) in [5.41, 5.74) is 3.57. The lowest BCUT2D eigenvalue weighted by atomic mass is 10.1. The van der Waals surface area contributed by atoms with Crippen molar-refractivity contribution in [3.63, 3.8) is 0 Å². The summed E-state index contributed by atoms with van der Waals surface area (Å²) >= 11 is 0. The smallest absolute Gasteiger partial charge is 0.262 e. The maximum atomic E-state index is 12.1. The molecule has 2 heterocycles. The fourth-order valence-corrected chi connectivity index (χ4v) is 2.82. The summed E-state index contributed by atoms with van der Waals surface area (Å²) in [6.07, 6.45) is 3.39. The first-order valence-electron chi connectivity index (χ1n) is 9.47. The van der Waals surface area contributed by atoms with Crippen LogP contribution in [0.5, 0.6) is 5.75 Å². The molecule has 0 unspecified atom stereocenters. The summed E-state index contributed by atoms with van der Waals surface area (Å²) in [7, 11) is 0. The minimum Gasteiger partial charge on any atom is -0.483 e. The molecule has 0 radical (unpaired) electrons. The number of aromatic nitrogens is 3. The van der Waals surface area contributed by atoms with Crippen molar-refractivity contribution >= 4 is 5.91 Å². The van der Waals surface area contributed by atoms with E-state index in [9.17, 15) is 4.79 Å². The van der Waals surface area contributed by atoms with E-state index in [2.05, 4.69) is 20.4 Å². The second-order valence-electron chi connectivity index (χ2n) is 6.71. The number of carbonyl (C=O) groups excluding carboxylic acids is 1. The van der Waals surface area contributed by atoms with E-state index >= 15 is 0 Å². The molecular weight excluding hydrogens is 380 g/mol. The third kappa shape index (κ3) is 4.70. The van der Waals surface area contributed by atoms with Gasteiger partial charge < -0.3 is 14.6 Å². The van der Waals surface area contributed by atoms with Gasteiger partial charge in [-0.3, -0.25) is 9.78 Å². The Hall–Kier alpha value is -4.00. The molecule has 0 aliphatic rings. The SMILES string of the molecule is Cc1ccc(-c2noc(-c3ccccc3OCC(=O)NCc3cccnc3)n2)cc1. The lowest BCUT2D eigenvalue weighted by Crippen LogP contribution is -2.28. The van der Waals surface area contributed by atoms with Crippen molar-refractivity contribution in [3.05, 3.63) is 84.2 Å². The zero-order valence-electron chi connectivity index (χ0n) is 16.4. The Morgan fingerprint density at radius 1 is 1.07 bits per heavy atom. The number of carbonyl (C=O) groups is 1. The molecule has 2 aromatic heterocycles. The average Bonchev–Trinajstić information content (AvgIpc) is 3.28. The van der Waals surface area contributed by atoms with Gasteiger partial charge in [0.1, 0.15) is 5.75 Å². The number of nitrogens with one attached hydrogen (secondary N) is 1. The standard InChI is InChI=1S/C23H20N4O3/c1-16-8-10-18(11-9-16)22-26-23(30-27-22)19-6-2-3-7-20(19)29-15-21(28)25-14-17-5-4-12-24-13-17/h2-13H,14-15H2,1H3,(H,25,28). The highest BCUT2D eigenvalue weighted by atomic mass is 16.5. The van der Waals surface area contributed by atoms with Crippen LogP contribution < -0.4 is 10.1 Å². The van der Waals surface area contributed by atoms with Gasteiger partial charge >= 0.3 is 0 Å². The Balaban J connectivity index is 1.43. The molecule has 0 spiro atoms. The van der Waals surface area contributed by atoms with Crippen molar-refractivity contribution in [2.45, 2.75) is 13.5 Å². The van der Waals surface area contributed by atoms with E-state index in [1.165, 1.54) is 0 Å². The normalized spacial score (nSPS) is 10.6. The highest BCUT2D eigenvalue weighted by Gasteiger charge is 2.15. The van der Waals surface area contributed by atoms with Crippen LogP contribution in [-0.2, 0) is 11.3 Å². The summed E-state index contributed by atoms with van der Waals surface area (Å²) < 4.78 is 11.2. The molecule has 7 heteroatoms. The molecule has 1 N–H and O–H groups in total. The van der Waals surface area contributed by atoms with Crippen molar-refractivity contribution in [2.24, 2.45) is 0 Å². The van der Waals surface area contributed by atoms with Gasteiger partial charge in [0.05, 0.1) is 5.56 Å². The Morgan fingerprint density at radius 2 is 1.90 bits per heavy atom. The Bertz CT molecular complexity index is 1120. The highest BCUT2D eigenvalue weighted by molar-refractivity contribution is 5.78. The van der Waals surface area contributed by atoms with Crippen molar-refractivity contribution in [3.8, 4) is 28.6 Å². The Labute approximate surface area is 173 Å². The highest BCUT2D eigenvalue weighted by Crippen LogP contribution is 2.30. The van der Waals surface area contributed by atoms with Crippen LogP contribution >= 0.6 is 0 Å². The largest absolute Gasteiger partial charge is 0.483 e. The number of rotatable bonds is 7. The fourth-order valence-electron chi connectivity index (χ4n) is 2.82. The summed E-state index contributed by atoms with van der Waals surface area (Å²) in [6, 6.07) is 18.8. The molecule has 0 aliphatic carbocycles. The number of para-hydroxylation sites is 1. The van der Waals surface area contributed by atoms with Crippen molar-refractivity contribution in [1.29, 1.82) is 0 Å². The summed E-state index contributed by atoms with van der Waals surface area (Å²) in [5.74, 6) is 1.08. The first-order valence-corrected chi connectivity index (χ1v) is 9.47. The average molecular weight is 400 g/mol. The van der Waals surface area contributed by atoms with E-state index in [1.807, 2.05) is 61.5 Å². The Morgan fingerprint density at radius 3 is 2.70 bits per heavy atom. The zero-order chi connectivity index (χ0) is 20.8. The van der Waals surface area contributed by atoms with Crippen LogP contribution in [0.2, 0.25) is 0 Å². The molecular formula is C23H20N4O3. The van der Waals surface area contributed by atoms with Crippen LogP contribution in [-0.4, -0.2) is 27.6 Å². The Kier molecular flexibility index (Phi) is 5.80. The molecule has 1 amide bonds. The molecule has 0 aliphatic heterocycles. The van der Waals surface area contributed by atoms with E-state index in [1.54, 1.807) is 18.5 Å². The quantitative estimate of drug-likeness (QED) is 0.507. The third-order valence-electron chi connectivity index (χ3n) is 4.42. The second kappa shape index (κ2) is 9.00. The van der Waals surface area contributed by atoms with Gasteiger partial charge in [0, 0.05) is 24.5 Å². The topological polar surface area (TPSA) is 90.1 Å². The van der Waals surface area contributed by atoms with E-state index in [0.29, 0.717) is 29.6 Å². The fraction of sp³-hybridized carbons (Fsp3) is 0.130. The van der Waals surface area contributed by atoms with Gasteiger partial charge in [-0.05, 0) is 30.7 Å². The van der Waals surface area contributed by atoms with E-state index in [-0.39, 0.29) is 12.5 Å². The van der Waals surface area contributed by atoms with Gasteiger partial charge in [0.15, 0.2) is 6.61 Å². The van der Waals surface area contributed by atoms with Crippen LogP contribution in [0.15, 0.2) is 77.6 Å². The maximum Gasteiger partial charge on any atom is 0.262 e. The predicted octanol–water partition coefficient (Wildman–Crippen LogP) is 3.80.